The smallest absolute Gasteiger partial charge is 0.326 e. The maximum atomic E-state index is 15.0. The van der Waals surface area contributed by atoms with E-state index in [1.165, 1.54) is 38.4 Å². The van der Waals surface area contributed by atoms with Gasteiger partial charge in [-0.15, -0.1) is 0 Å². The van der Waals surface area contributed by atoms with Gasteiger partial charge in [0.25, 0.3) is 0 Å². The average Bonchev–Trinajstić information content (AvgIpc) is 3.19. The van der Waals surface area contributed by atoms with Crippen LogP contribution in [0.4, 0.5) is 4.39 Å². The Morgan fingerprint density at radius 3 is 2.68 bits per heavy atom. The van der Waals surface area contributed by atoms with Crippen LogP contribution < -0.4 is 10.4 Å². The maximum Gasteiger partial charge on any atom is 0.326 e. The van der Waals surface area contributed by atoms with Crippen molar-refractivity contribution < 1.29 is 9.13 Å². The van der Waals surface area contributed by atoms with Gasteiger partial charge < -0.3 is 14.6 Å². The minimum atomic E-state index is -0.384. The second-order valence-corrected chi connectivity index (χ2v) is 9.25. The van der Waals surface area contributed by atoms with Crippen molar-refractivity contribution in [2.75, 3.05) is 26.2 Å². The van der Waals surface area contributed by atoms with Crippen LogP contribution in [0.15, 0.2) is 41.5 Å². The molecule has 4 heterocycles. The number of halogens is 1. The zero-order valence-corrected chi connectivity index (χ0v) is 19.7. The Morgan fingerprint density at radius 1 is 1.12 bits per heavy atom. The zero-order chi connectivity index (χ0) is 23.7. The van der Waals surface area contributed by atoms with E-state index in [-0.39, 0.29) is 17.5 Å². The predicted octanol–water partition coefficient (Wildman–Crippen LogP) is 4.91. The van der Waals surface area contributed by atoms with E-state index in [4.69, 9.17) is 4.74 Å². The Morgan fingerprint density at radius 2 is 1.94 bits per heavy atom. The third kappa shape index (κ3) is 4.42. The first-order valence-corrected chi connectivity index (χ1v) is 12.1. The number of hydrogen-bond acceptors (Lipinski definition) is 5. The van der Waals surface area contributed by atoms with Crippen molar-refractivity contribution in [1.29, 1.82) is 0 Å². The fraction of sp³-hybridized carbons (Fsp3) is 0.423. The number of likely N-dealkylation sites (tertiary alicyclic amines) is 1. The van der Waals surface area contributed by atoms with Crippen molar-refractivity contribution in [3.05, 3.63) is 53.0 Å². The van der Waals surface area contributed by atoms with Crippen LogP contribution in [0.1, 0.15) is 45.6 Å². The normalized spacial score (nSPS) is 14.9. The molecule has 1 aliphatic heterocycles. The second-order valence-electron chi connectivity index (χ2n) is 9.25. The molecule has 34 heavy (non-hydrogen) atoms. The minimum Gasteiger partial charge on any atom is -0.478 e. The molecule has 0 bridgehead atoms. The lowest BCUT2D eigenvalue weighted by atomic mass is 10.0. The fourth-order valence-electron chi connectivity index (χ4n) is 4.81. The van der Waals surface area contributed by atoms with Crippen molar-refractivity contribution >= 4 is 21.9 Å². The molecule has 1 aliphatic rings. The van der Waals surface area contributed by atoms with Crippen LogP contribution in [0.2, 0.25) is 0 Å². The number of ether oxygens (including phenoxy) is 1. The third-order valence-corrected chi connectivity index (χ3v) is 6.51. The minimum absolute atomic E-state index is 0.0478. The van der Waals surface area contributed by atoms with Gasteiger partial charge in [0.2, 0.25) is 5.88 Å². The van der Waals surface area contributed by atoms with E-state index in [0.29, 0.717) is 34.6 Å². The van der Waals surface area contributed by atoms with Crippen LogP contribution >= 0.6 is 0 Å². The summed E-state index contributed by atoms with van der Waals surface area (Å²) in [5, 5.41) is 0.721. The number of nitrogens with one attached hydrogen (secondary N) is 1. The lowest BCUT2D eigenvalue weighted by molar-refractivity contribution is 0.203. The number of benzene rings is 1. The molecule has 0 spiro atoms. The number of fused-ring (bicyclic) bond motifs is 3. The summed E-state index contributed by atoms with van der Waals surface area (Å²) in [6, 6.07) is 6.71. The van der Waals surface area contributed by atoms with Crippen molar-refractivity contribution in [3.63, 3.8) is 0 Å². The van der Waals surface area contributed by atoms with E-state index in [1.807, 2.05) is 19.9 Å². The third-order valence-electron chi connectivity index (χ3n) is 6.51. The SMILES string of the molecule is CC(C)n1c(=O)[nH]c2cnc3cc(F)c(-c4ccc(OCCCN5CCCCC5)nc4)cc3c21. The van der Waals surface area contributed by atoms with Crippen LogP contribution in [-0.2, 0) is 0 Å². The van der Waals surface area contributed by atoms with E-state index in [1.54, 1.807) is 29.1 Å². The molecule has 3 aromatic heterocycles. The van der Waals surface area contributed by atoms with Crippen molar-refractivity contribution in [2.24, 2.45) is 0 Å². The molecule has 4 aromatic rings. The van der Waals surface area contributed by atoms with Crippen LogP contribution in [0.5, 0.6) is 5.88 Å². The molecule has 0 saturated carbocycles. The first kappa shape index (κ1) is 22.5. The van der Waals surface area contributed by atoms with Gasteiger partial charge in [0.05, 0.1) is 29.4 Å². The number of H-pyrrole nitrogens is 1. The van der Waals surface area contributed by atoms with Gasteiger partial charge in [-0.1, -0.05) is 6.42 Å². The molecular weight excluding hydrogens is 433 g/mol. The molecule has 7 nitrogen and oxygen atoms in total. The van der Waals surface area contributed by atoms with E-state index >= 15 is 4.39 Å². The van der Waals surface area contributed by atoms with Crippen LogP contribution in [0.25, 0.3) is 33.1 Å². The Labute approximate surface area is 197 Å². The highest BCUT2D eigenvalue weighted by Gasteiger charge is 2.17. The number of rotatable bonds is 7. The monoisotopic (exact) mass is 463 g/mol. The van der Waals surface area contributed by atoms with Gasteiger partial charge in [-0.2, -0.15) is 0 Å². The molecule has 178 valence electrons. The summed E-state index contributed by atoms with van der Waals surface area (Å²) in [7, 11) is 0. The Bertz CT molecular complexity index is 1350. The molecule has 5 rings (SSSR count). The predicted molar refractivity (Wildman–Crippen MR) is 132 cm³/mol. The van der Waals surface area contributed by atoms with Crippen LogP contribution in [-0.4, -0.2) is 50.7 Å². The Balaban J connectivity index is 1.37. The Kier molecular flexibility index (Phi) is 6.32. The summed E-state index contributed by atoms with van der Waals surface area (Å²) in [6.07, 6.45) is 8.08. The number of nitrogens with zero attached hydrogens (tertiary/aromatic N) is 4. The molecule has 1 aromatic carbocycles. The van der Waals surface area contributed by atoms with Gasteiger partial charge in [-0.05, 0) is 58.3 Å². The number of aromatic nitrogens is 4. The van der Waals surface area contributed by atoms with E-state index in [2.05, 4.69) is 19.9 Å². The molecule has 1 saturated heterocycles. The first-order chi connectivity index (χ1) is 16.5. The van der Waals surface area contributed by atoms with Crippen LogP contribution in [0, 0.1) is 5.82 Å². The quantitative estimate of drug-likeness (QED) is 0.394. The Hall–Kier alpha value is -3.26. The van der Waals surface area contributed by atoms with Crippen molar-refractivity contribution in [2.45, 2.75) is 45.6 Å². The summed E-state index contributed by atoms with van der Waals surface area (Å²) < 4.78 is 22.5. The largest absolute Gasteiger partial charge is 0.478 e. The molecule has 0 radical (unpaired) electrons. The number of piperidine rings is 1. The fourth-order valence-corrected chi connectivity index (χ4v) is 4.81. The lowest BCUT2D eigenvalue weighted by Gasteiger charge is -2.26. The molecule has 1 N–H and O–H groups in total. The summed E-state index contributed by atoms with van der Waals surface area (Å²) in [5.74, 6) is 0.150. The summed E-state index contributed by atoms with van der Waals surface area (Å²) >= 11 is 0. The van der Waals surface area contributed by atoms with E-state index in [9.17, 15) is 4.79 Å². The molecule has 0 atom stereocenters. The zero-order valence-electron chi connectivity index (χ0n) is 19.7. The topological polar surface area (TPSA) is 76.0 Å². The number of hydrogen-bond donors (Lipinski definition) is 1. The number of aromatic amines is 1. The van der Waals surface area contributed by atoms with Crippen molar-refractivity contribution in [3.8, 4) is 17.0 Å². The number of imidazole rings is 1. The molecule has 8 heteroatoms. The highest BCUT2D eigenvalue weighted by atomic mass is 19.1. The lowest BCUT2D eigenvalue weighted by Crippen LogP contribution is -2.31. The summed E-state index contributed by atoms with van der Waals surface area (Å²) in [6.45, 7) is 7.91. The number of pyridine rings is 2. The van der Waals surface area contributed by atoms with Gasteiger partial charge >= 0.3 is 5.69 Å². The highest BCUT2D eigenvalue weighted by Crippen LogP contribution is 2.31. The molecular formula is C26H30FN5O2. The molecule has 0 aliphatic carbocycles. The summed E-state index contributed by atoms with van der Waals surface area (Å²) in [4.78, 5) is 26.5. The summed E-state index contributed by atoms with van der Waals surface area (Å²) in [5.41, 5.74) is 2.72. The van der Waals surface area contributed by atoms with Gasteiger partial charge in [-0.25, -0.2) is 14.2 Å². The van der Waals surface area contributed by atoms with E-state index in [0.717, 1.165) is 23.9 Å². The average molecular weight is 464 g/mol. The highest BCUT2D eigenvalue weighted by molar-refractivity contribution is 6.03. The van der Waals surface area contributed by atoms with Crippen LogP contribution in [0.3, 0.4) is 0 Å². The maximum absolute atomic E-state index is 15.0. The molecule has 0 unspecified atom stereocenters. The van der Waals surface area contributed by atoms with Gasteiger partial charge in [0.1, 0.15) is 5.82 Å². The molecule has 1 fully saturated rings. The van der Waals surface area contributed by atoms with E-state index < -0.39 is 0 Å². The van der Waals surface area contributed by atoms with Gasteiger partial charge in [0, 0.05) is 47.4 Å². The van der Waals surface area contributed by atoms with Gasteiger partial charge in [0.15, 0.2) is 0 Å². The molecule has 0 amide bonds. The van der Waals surface area contributed by atoms with Crippen molar-refractivity contribution in [1.82, 2.24) is 24.4 Å². The second kappa shape index (κ2) is 9.54. The standard InChI is InChI=1S/C26H30FN5O2/c1-17(2)32-25-20-13-19(21(27)14-22(20)28-16-23(25)30-26(32)33)18-7-8-24(29-15-18)34-12-6-11-31-9-4-3-5-10-31/h7-8,13-17H,3-6,9-12H2,1-2H3,(H,30,33). The van der Waals surface area contributed by atoms with Gasteiger partial charge in [-0.3, -0.25) is 9.55 Å². The first-order valence-electron chi connectivity index (χ1n) is 12.1.